The highest BCUT2D eigenvalue weighted by molar-refractivity contribution is 6.00. The fourth-order valence-corrected chi connectivity index (χ4v) is 7.94. The van der Waals surface area contributed by atoms with Crippen LogP contribution in [0.4, 0.5) is 0 Å². The number of carbonyl (C=O) groups is 3. The molecule has 4 bridgehead atoms. The van der Waals surface area contributed by atoms with Gasteiger partial charge in [0.25, 0.3) is 0 Å². The lowest BCUT2D eigenvalue weighted by atomic mass is 9.48. The van der Waals surface area contributed by atoms with Crippen LogP contribution in [-0.4, -0.2) is 52.6 Å². The number of rotatable bonds is 9. The summed E-state index contributed by atoms with van der Waals surface area (Å²) in [6.45, 7) is 3.30. The monoisotopic (exact) mass is 479 g/mol. The summed E-state index contributed by atoms with van der Waals surface area (Å²) in [7, 11) is 0. The van der Waals surface area contributed by atoms with Crippen LogP contribution in [0.5, 0.6) is 0 Å². The molecule has 1 saturated heterocycles. The van der Waals surface area contributed by atoms with Crippen molar-refractivity contribution in [2.75, 3.05) is 13.1 Å². The first-order chi connectivity index (χ1) is 16.9. The molecule has 190 valence electrons. The van der Waals surface area contributed by atoms with Gasteiger partial charge in [0, 0.05) is 5.41 Å². The van der Waals surface area contributed by atoms with Gasteiger partial charge >= 0.3 is 0 Å². The quantitative estimate of drug-likeness (QED) is 0.580. The summed E-state index contributed by atoms with van der Waals surface area (Å²) >= 11 is 0. The van der Waals surface area contributed by atoms with Crippen molar-refractivity contribution in [1.82, 2.24) is 9.80 Å². The number of amides is 2. The Bertz CT molecular complexity index is 910. The van der Waals surface area contributed by atoms with Crippen molar-refractivity contribution in [3.05, 3.63) is 35.9 Å². The largest absolute Gasteiger partial charge is 0.320 e. The van der Waals surface area contributed by atoms with Gasteiger partial charge in [0.05, 0.1) is 25.2 Å². The first-order valence-electron chi connectivity index (χ1n) is 13.8. The van der Waals surface area contributed by atoms with Crippen LogP contribution in [0.25, 0.3) is 0 Å². The van der Waals surface area contributed by atoms with Crippen molar-refractivity contribution in [3.8, 4) is 0 Å². The molecule has 35 heavy (non-hydrogen) atoms. The lowest BCUT2D eigenvalue weighted by molar-refractivity contribution is -0.151. The minimum atomic E-state index is -0.684. The van der Waals surface area contributed by atoms with Crippen LogP contribution in [0, 0.1) is 23.2 Å². The third-order valence-electron chi connectivity index (χ3n) is 9.26. The predicted molar refractivity (Wildman–Crippen MR) is 135 cm³/mol. The van der Waals surface area contributed by atoms with Crippen LogP contribution in [0.15, 0.2) is 30.3 Å². The molecule has 6 nitrogen and oxygen atoms in total. The van der Waals surface area contributed by atoms with Crippen molar-refractivity contribution < 1.29 is 14.4 Å². The van der Waals surface area contributed by atoms with Crippen LogP contribution < -0.4 is 5.73 Å². The highest BCUT2D eigenvalue weighted by Gasteiger charge is 2.54. The lowest BCUT2D eigenvalue weighted by Gasteiger charge is -2.56. The number of nitrogens with two attached hydrogens (primary N) is 1. The molecule has 2 amide bonds. The van der Waals surface area contributed by atoms with Gasteiger partial charge in [-0.05, 0) is 87.6 Å². The van der Waals surface area contributed by atoms with Gasteiger partial charge in [0.15, 0.2) is 5.78 Å². The van der Waals surface area contributed by atoms with Crippen LogP contribution in [0.2, 0.25) is 0 Å². The van der Waals surface area contributed by atoms with Gasteiger partial charge in [0.1, 0.15) is 0 Å². The van der Waals surface area contributed by atoms with Gasteiger partial charge in [-0.25, -0.2) is 0 Å². The molecule has 5 aliphatic rings. The molecule has 1 aliphatic heterocycles. The second-order valence-corrected chi connectivity index (χ2v) is 11.9. The Kier molecular flexibility index (Phi) is 7.13. The highest BCUT2D eigenvalue weighted by Crippen LogP contribution is 2.60. The zero-order valence-electron chi connectivity index (χ0n) is 21.2. The number of Topliss-reactive ketones (excluding diaryl/α,β-unsaturated/α-hetero) is 1. The molecule has 0 radical (unpaired) electrons. The molecule has 1 aromatic rings. The fraction of sp³-hybridized carbons (Fsp3) is 0.690. The Labute approximate surface area is 209 Å². The van der Waals surface area contributed by atoms with E-state index in [9.17, 15) is 14.4 Å². The van der Waals surface area contributed by atoms with E-state index >= 15 is 0 Å². The molecule has 1 heterocycles. The Hall–Kier alpha value is -2.05. The fourth-order valence-electron chi connectivity index (χ4n) is 7.94. The van der Waals surface area contributed by atoms with E-state index in [1.54, 1.807) is 0 Å². The van der Waals surface area contributed by atoms with E-state index < -0.39 is 12.1 Å². The summed E-state index contributed by atoms with van der Waals surface area (Å²) in [5.41, 5.74) is 6.94. The Morgan fingerprint density at radius 3 is 2.29 bits per heavy atom. The molecule has 6 rings (SSSR count). The Morgan fingerprint density at radius 1 is 1.06 bits per heavy atom. The first kappa shape index (κ1) is 24.6. The maximum Gasteiger partial charge on any atom is 0.246 e. The second kappa shape index (κ2) is 10.1. The van der Waals surface area contributed by atoms with Gasteiger partial charge < -0.3 is 5.73 Å². The average Bonchev–Trinajstić information content (AvgIpc) is 3.30. The van der Waals surface area contributed by atoms with Crippen molar-refractivity contribution in [2.24, 2.45) is 28.9 Å². The predicted octanol–water partition coefficient (Wildman–Crippen LogP) is 3.92. The third-order valence-corrected chi connectivity index (χ3v) is 9.26. The molecule has 0 aromatic heterocycles. The molecule has 1 aromatic carbocycles. The number of likely N-dealkylation sites (tertiary alicyclic amines) is 1. The molecule has 0 spiro atoms. The number of carbonyl (C=O) groups excluding carboxylic acids is 3. The number of imide groups is 1. The maximum absolute atomic E-state index is 13.8. The van der Waals surface area contributed by atoms with E-state index in [0.29, 0.717) is 25.2 Å². The molecular formula is C29H41N3O3. The SMILES string of the molecule is CCC[C@H](N)C(=O)N(Cc1ccccc1)C(=O)[C@@H]1CCCN1CC(=O)C12CC3CC(CC(C3)C1)C2. The number of hydrogen-bond donors (Lipinski definition) is 1. The van der Waals surface area contributed by atoms with E-state index in [1.165, 1.54) is 24.2 Å². The van der Waals surface area contributed by atoms with Crippen molar-refractivity contribution in [3.63, 3.8) is 0 Å². The average molecular weight is 480 g/mol. The number of nitrogens with zero attached hydrogens (tertiary/aromatic N) is 2. The number of hydrogen-bond acceptors (Lipinski definition) is 5. The molecule has 6 heteroatoms. The normalized spacial score (nSPS) is 32.5. The van der Waals surface area contributed by atoms with Crippen LogP contribution in [0.3, 0.4) is 0 Å². The Balaban J connectivity index is 1.31. The minimum Gasteiger partial charge on any atom is -0.320 e. The summed E-state index contributed by atoms with van der Waals surface area (Å²) in [6, 6.07) is 8.52. The van der Waals surface area contributed by atoms with E-state index in [1.807, 2.05) is 37.3 Å². The van der Waals surface area contributed by atoms with Gasteiger partial charge in [-0.2, -0.15) is 0 Å². The maximum atomic E-state index is 13.8. The molecule has 5 fully saturated rings. The van der Waals surface area contributed by atoms with Gasteiger partial charge in [-0.1, -0.05) is 43.7 Å². The van der Waals surface area contributed by atoms with Gasteiger partial charge in [-0.3, -0.25) is 24.2 Å². The van der Waals surface area contributed by atoms with E-state index in [0.717, 1.165) is 62.0 Å². The van der Waals surface area contributed by atoms with Crippen molar-refractivity contribution >= 4 is 17.6 Å². The smallest absolute Gasteiger partial charge is 0.246 e. The minimum absolute atomic E-state index is 0.159. The number of ketones is 1. The third kappa shape index (κ3) is 4.97. The molecule has 2 atom stereocenters. The van der Waals surface area contributed by atoms with Crippen LogP contribution in [0.1, 0.15) is 76.7 Å². The van der Waals surface area contributed by atoms with Gasteiger partial charge in [0.2, 0.25) is 11.8 Å². The van der Waals surface area contributed by atoms with E-state index in [4.69, 9.17) is 5.73 Å². The first-order valence-corrected chi connectivity index (χ1v) is 13.8. The summed E-state index contributed by atoms with van der Waals surface area (Å²) in [5.74, 6) is 2.02. The lowest BCUT2D eigenvalue weighted by Crippen LogP contribution is -2.55. The topological polar surface area (TPSA) is 83.7 Å². The standard InChI is InChI=1S/C29H41N3O3/c1-2-7-24(30)27(34)32(18-20-8-4-3-5-9-20)28(35)25-10-6-11-31(25)19-26(33)29-15-21-12-22(16-29)14-23(13-21)17-29/h3-5,8-9,21-25H,2,6-7,10-19,30H2,1H3/t21?,22?,23?,24-,25-,29?/m0/s1. The molecule has 0 unspecified atom stereocenters. The second-order valence-electron chi connectivity index (χ2n) is 11.9. The van der Waals surface area contributed by atoms with Crippen molar-refractivity contribution in [1.29, 1.82) is 0 Å². The zero-order chi connectivity index (χ0) is 24.6. The summed E-state index contributed by atoms with van der Waals surface area (Å²) in [5, 5.41) is 0. The highest BCUT2D eigenvalue weighted by atomic mass is 16.2. The van der Waals surface area contributed by atoms with Gasteiger partial charge in [-0.15, -0.1) is 0 Å². The number of benzene rings is 1. The van der Waals surface area contributed by atoms with Crippen molar-refractivity contribution in [2.45, 2.75) is 89.8 Å². The molecule has 2 N–H and O–H groups in total. The summed E-state index contributed by atoms with van der Waals surface area (Å²) in [6.07, 6.45) is 9.99. The molecule has 4 aliphatic carbocycles. The van der Waals surface area contributed by atoms with Crippen LogP contribution in [-0.2, 0) is 20.9 Å². The van der Waals surface area contributed by atoms with E-state index in [-0.39, 0.29) is 23.8 Å². The zero-order valence-corrected chi connectivity index (χ0v) is 21.2. The summed E-state index contributed by atoms with van der Waals surface area (Å²) in [4.78, 5) is 44.3. The molecule has 4 saturated carbocycles. The van der Waals surface area contributed by atoms with E-state index in [2.05, 4.69) is 4.90 Å². The summed E-state index contributed by atoms with van der Waals surface area (Å²) < 4.78 is 0. The Morgan fingerprint density at radius 2 is 1.69 bits per heavy atom. The van der Waals surface area contributed by atoms with Crippen LogP contribution >= 0.6 is 0 Å². The molecular weight excluding hydrogens is 438 g/mol.